The first kappa shape index (κ1) is 19.4. The lowest BCUT2D eigenvalue weighted by atomic mass is 10.2. The van der Waals surface area contributed by atoms with Gasteiger partial charge in [-0.25, -0.2) is 0 Å². The fourth-order valence-electron chi connectivity index (χ4n) is 1.57. The Morgan fingerprint density at radius 3 is 2.65 bits per heavy atom. The molecule has 0 aliphatic carbocycles. The number of rotatable bonds is 6. The summed E-state index contributed by atoms with van der Waals surface area (Å²) in [6.45, 7) is 3.77. The zero-order valence-electron chi connectivity index (χ0n) is 12.5. The van der Waals surface area contributed by atoms with Gasteiger partial charge in [0.1, 0.15) is 5.75 Å². The molecule has 20 heavy (non-hydrogen) atoms. The van der Waals surface area contributed by atoms with Crippen LogP contribution in [-0.2, 0) is 6.54 Å². The minimum absolute atomic E-state index is 0. The lowest BCUT2D eigenvalue weighted by Crippen LogP contribution is -2.39. The van der Waals surface area contributed by atoms with Crippen LogP contribution in [0.4, 0.5) is 0 Å². The van der Waals surface area contributed by atoms with Crippen LogP contribution in [0.25, 0.3) is 0 Å². The Balaban J connectivity index is 0.00000361. The molecule has 0 aliphatic rings. The van der Waals surface area contributed by atoms with Gasteiger partial charge in [-0.15, -0.1) is 24.0 Å². The maximum absolute atomic E-state index is 5.32. The van der Waals surface area contributed by atoms with E-state index in [1.165, 1.54) is 0 Å². The molecule has 0 aromatic heterocycles. The molecule has 2 N–H and O–H groups in total. The van der Waals surface area contributed by atoms with E-state index >= 15 is 0 Å². The van der Waals surface area contributed by atoms with Crippen molar-refractivity contribution in [1.82, 2.24) is 10.6 Å². The molecule has 4 nitrogen and oxygen atoms in total. The molecule has 0 saturated heterocycles. The Morgan fingerprint density at radius 2 is 2.05 bits per heavy atom. The summed E-state index contributed by atoms with van der Waals surface area (Å²) in [5.41, 5.74) is 1.12. The molecule has 0 saturated carbocycles. The number of hydrogen-bond donors (Lipinski definition) is 2. The third-order valence-corrected chi connectivity index (χ3v) is 3.79. The first-order valence-electron chi connectivity index (χ1n) is 6.30. The molecule has 0 radical (unpaired) electrons. The van der Waals surface area contributed by atoms with Gasteiger partial charge in [-0.1, -0.05) is 25.1 Å². The Hall–Kier alpha value is -0.630. The number of nitrogens with one attached hydrogen (secondary N) is 2. The van der Waals surface area contributed by atoms with Crippen LogP contribution in [0.5, 0.6) is 5.75 Å². The van der Waals surface area contributed by atoms with Crippen LogP contribution in [-0.4, -0.2) is 38.2 Å². The van der Waals surface area contributed by atoms with Crippen LogP contribution in [0.15, 0.2) is 29.3 Å². The second-order valence-electron chi connectivity index (χ2n) is 4.16. The number of methoxy groups -OCH3 is 1. The number of guanidine groups is 1. The number of nitrogens with zero attached hydrogens (tertiary/aromatic N) is 1. The highest BCUT2D eigenvalue weighted by molar-refractivity contribution is 14.0. The van der Waals surface area contributed by atoms with Crippen LogP contribution in [0.1, 0.15) is 12.5 Å². The van der Waals surface area contributed by atoms with Gasteiger partial charge in [-0.3, -0.25) is 4.99 Å². The highest BCUT2D eigenvalue weighted by Crippen LogP contribution is 2.16. The van der Waals surface area contributed by atoms with Crippen molar-refractivity contribution >= 4 is 41.7 Å². The smallest absolute Gasteiger partial charge is 0.191 e. The maximum atomic E-state index is 5.32. The van der Waals surface area contributed by atoms with E-state index in [2.05, 4.69) is 28.8 Å². The predicted octanol–water partition coefficient (Wildman–Crippen LogP) is 2.73. The summed E-state index contributed by atoms with van der Waals surface area (Å²) in [6, 6.07) is 7.98. The second kappa shape index (κ2) is 11.1. The molecule has 1 aromatic carbocycles. The fraction of sp³-hybridized carbons (Fsp3) is 0.500. The monoisotopic (exact) mass is 409 g/mol. The lowest BCUT2D eigenvalue weighted by molar-refractivity contribution is 0.409. The van der Waals surface area contributed by atoms with E-state index in [0.717, 1.165) is 23.8 Å². The standard InChI is InChI=1S/C14H23N3OS.HI/c1-11(19-4)9-16-14(15-2)17-10-12-7-5-6-8-13(12)18-3;/h5-8,11H,9-10H2,1-4H3,(H2,15,16,17);1H. The van der Waals surface area contributed by atoms with Crippen molar-refractivity contribution in [2.75, 3.05) is 27.0 Å². The van der Waals surface area contributed by atoms with E-state index < -0.39 is 0 Å². The molecule has 0 spiro atoms. The van der Waals surface area contributed by atoms with Gasteiger partial charge in [0.2, 0.25) is 0 Å². The van der Waals surface area contributed by atoms with Gasteiger partial charge in [0, 0.05) is 31.0 Å². The van der Waals surface area contributed by atoms with E-state index in [0.29, 0.717) is 11.8 Å². The molecule has 6 heteroatoms. The number of halogens is 1. The molecule has 0 amide bonds. The third kappa shape index (κ3) is 6.69. The summed E-state index contributed by atoms with van der Waals surface area (Å²) in [6.07, 6.45) is 2.11. The van der Waals surface area contributed by atoms with Crippen molar-refractivity contribution in [2.45, 2.75) is 18.7 Å². The van der Waals surface area contributed by atoms with Crippen molar-refractivity contribution in [3.8, 4) is 5.75 Å². The fourth-order valence-corrected chi connectivity index (χ4v) is 1.82. The first-order valence-corrected chi connectivity index (χ1v) is 7.59. The normalized spacial score (nSPS) is 12.3. The van der Waals surface area contributed by atoms with Crippen molar-refractivity contribution < 1.29 is 4.74 Å². The van der Waals surface area contributed by atoms with E-state index in [9.17, 15) is 0 Å². The van der Waals surface area contributed by atoms with E-state index in [4.69, 9.17) is 4.74 Å². The van der Waals surface area contributed by atoms with Gasteiger partial charge in [-0.05, 0) is 12.3 Å². The van der Waals surface area contributed by atoms with Gasteiger partial charge in [0.15, 0.2) is 5.96 Å². The topological polar surface area (TPSA) is 45.7 Å². The largest absolute Gasteiger partial charge is 0.496 e. The number of benzene rings is 1. The number of ether oxygens (including phenoxy) is 1. The molecule has 1 unspecified atom stereocenters. The predicted molar refractivity (Wildman–Crippen MR) is 99.6 cm³/mol. The van der Waals surface area contributed by atoms with E-state index in [1.807, 2.05) is 36.0 Å². The Morgan fingerprint density at radius 1 is 1.35 bits per heavy atom. The molecular weight excluding hydrogens is 385 g/mol. The van der Waals surface area contributed by atoms with Gasteiger partial charge >= 0.3 is 0 Å². The summed E-state index contributed by atoms with van der Waals surface area (Å²) in [7, 11) is 3.47. The van der Waals surface area contributed by atoms with Gasteiger partial charge in [-0.2, -0.15) is 11.8 Å². The molecule has 1 rings (SSSR count). The first-order chi connectivity index (χ1) is 9.21. The van der Waals surface area contributed by atoms with Crippen LogP contribution in [0.3, 0.4) is 0 Å². The summed E-state index contributed by atoms with van der Waals surface area (Å²) >= 11 is 1.83. The van der Waals surface area contributed by atoms with Crippen LogP contribution in [0.2, 0.25) is 0 Å². The molecule has 0 bridgehead atoms. The molecular formula is C14H24IN3OS. The SMILES string of the molecule is CN=C(NCc1ccccc1OC)NCC(C)SC.I. The average molecular weight is 409 g/mol. The highest BCUT2D eigenvalue weighted by Gasteiger charge is 2.04. The highest BCUT2D eigenvalue weighted by atomic mass is 127. The summed E-state index contributed by atoms with van der Waals surface area (Å²) in [5, 5.41) is 7.15. The number of thioether (sulfide) groups is 1. The van der Waals surface area contributed by atoms with Gasteiger partial charge in [0.05, 0.1) is 7.11 Å². The Labute approximate surface area is 143 Å². The van der Waals surface area contributed by atoms with Crippen molar-refractivity contribution in [2.24, 2.45) is 4.99 Å². The second-order valence-corrected chi connectivity index (χ2v) is 5.44. The van der Waals surface area contributed by atoms with E-state index in [1.54, 1.807) is 14.2 Å². The molecule has 1 aromatic rings. The van der Waals surface area contributed by atoms with Crippen molar-refractivity contribution in [3.05, 3.63) is 29.8 Å². The van der Waals surface area contributed by atoms with Crippen LogP contribution < -0.4 is 15.4 Å². The third-order valence-electron chi connectivity index (χ3n) is 2.82. The molecule has 0 heterocycles. The quantitative estimate of drug-likeness (QED) is 0.431. The zero-order chi connectivity index (χ0) is 14.1. The molecule has 0 aliphatic heterocycles. The Bertz CT molecular complexity index is 415. The summed E-state index contributed by atoms with van der Waals surface area (Å²) < 4.78 is 5.32. The minimum atomic E-state index is 0. The molecule has 1 atom stereocenters. The number of para-hydroxylation sites is 1. The molecule has 0 fully saturated rings. The number of hydrogen-bond acceptors (Lipinski definition) is 3. The van der Waals surface area contributed by atoms with Gasteiger partial charge < -0.3 is 15.4 Å². The lowest BCUT2D eigenvalue weighted by Gasteiger charge is -2.15. The van der Waals surface area contributed by atoms with Crippen molar-refractivity contribution in [3.63, 3.8) is 0 Å². The zero-order valence-corrected chi connectivity index (χ0v) is 15.6. The Kier molecular flexibility index (Phi) is 10.7. The minimum Gasteiger partial charge on any atom is -0.496 e. The summed E-state index contributed by atoms with van der Waals surface area (Å²) in [4.78, 5) is 4.21. The number of aliphatic imine (C=N–C) groups is 1. The van der Waals surface area contributed by atoms with Gasteiger partial charge in [0.25, 0.3) is 0 Å². The van der Waals surface area contributed by atoms with Crippen LogP contribution in [0, 0.1) is 0 Å². The maximum Gasteiger partial charge on any atom is 0.191 e. The molecule has 114 valence electrons. The van der Waals surface area contributed by atoms with E-state index in [-0.39, 0.29) is 24.0 Å². The van der Waals surface area contributed by atoms with Crippen molar-refractivity contribution in [1.29, 1.82) is 0 Å². The average Bonchev–Trinajstić information content (AvgIpc) is 2.47. The van der Waals surface area contributed by atoms with Crippen LogP contribution >= 0.6 is 35.7 Å². The summed E-state index contributed by atoms with van der Waals surface area (Å²) in [5.74, 6) is 1.70.